The van der Waals surface area contributed by atoms with Gasteiger partial charge in [0.15, 0.2) is 0 Å². The Balaban J connectivity index is 3.35. The van der Waals surface area contributed by atoms with Crippen LogP contribution in [0.25, 0.3) is 0 Å². The van der Waals surface area contributed by atoms with E-state index < -0.39 is 16.8 Å². The lowest BCUT2D eigenvalue weighted by molar-refractivity contribution is 0.225. The van der Waals surface area contributed by atoms with Crippen LogP contribution in [0.1, 0.15) is 0 Å². The van der Waals surface area contributed by atoms with Gasteiger partial charge in [0.05, 0.1) is 7.11 Å². The Hall–Kier alpha value is -0.0300. The fraction of sp³-hybridized carbons (Fsp3) is 1.00. The Labute approximate surface area is 42.1 Å². The maximum atomic E-state index is 11.0. The van der Waals surface area contributed by atoms with Gasteiger partial charge in [-0.2, -0.15) is 8.78 Å². The van der Waals surface area contributed by atoms with E-state index in [0.29, 0.717) is 0 Å². The van der Waals surface area contributed by atoms with Gasteiger partial charge in [-0.25, -0.2) is 4.21 Å². The van der Waals surface area contributed by atoms with Gasteiger partial charge in [0, 0.05) is 0 Å². The molecule has 0 N–H and O–H groups in total. The van der Waals surface area contributed by atoms with Gasteiger partial charge in [-0.05, 0) is 0 Å². The third-order valence-electron chi connectivity index (χ3n) is 0.310. The fourth-order valence-corrected chi connectivity index (χ4v) is 0.218. The molecule has 0 fully saturated rings. The predicted molar refractivity (Wildman–Crippen MR) is 21.2 cm³/mol. The zero-order valence-electron chi connectivity index (χ0n) is 3.56. The summed E-state index contributed by atoms with van der Waals surface area (Å²) in [5.74, 6) is -2.88. The maximum Gasteiger partial charge on any atom is 0.336 e. The zero-order valence-corrected chi connectivity index (χ0v) is 4.37. The molecule has 0 bridgehead atoms. The third kappa shape index (κ3) is 2.64. The van der Waals surface area contributed by atoms with E-state index in [1.807, 2.05) is 0 Å². The summed E-state index contributed by atoms with van der Waals surface area (Å²) in [5, 5.41) is 0. The average Bonchev–Trinajstić information content (AvgIpc) is 1.65. The first-order valence-corrected chi connectivity index (χ1v) is 2.55. The highest BCUT2D eigenvalue weighted by atomic mass is 32.2. The summed E-state index contributed by atoms with van der Waals surface area (Å²) < 4.78 is 35.4. The topological polar surface area (TPSA) is 26.3 Å². The second-order valence-corrected chi connectivity index (χ2v) is 1.90. The molecule has 0 aliphatic rings. The number of hydrogen-bond donors (Lipinski definition) is 0. The molecule has 0 aliphatic heterocycles. The van der Waals surface area contributed by atoms with Crippen molar-refractivity contribution < 1.29 is 17.2 Å². The molecule has 0 aromatic carbocycles. The van der Waals surface area contributed by atoms with Crippen molar-refractivity contribution in [2.75, 3.05) is 7.11 Å². The van der Waals surface area contributed by atoms with Crippen LogP contribution in [-0.2, 0) is 15.3 Å². The molecule has 0 spiro atoms. The highest BCUT2D eigenvalue weighted by molar-refractivity contribution is 7.80. The molecule has 2 nitrogen and oxygen atoms in total. The monoisotopic (exact) mass is 130 g/mol. The number of alkyl halides is 2. The van der Waals surface area contributed by atoms with Crippen molar-refractivity contribution >= 4 is 11.1 Å². The minimum Gasteiger partial charge on any atom is -0.290 e. The van der Waals surface area contributed by atoms with Crippen LogP contribution in [0.5, 0.6) is 0 Å². The van der Waals surface area contributed by atoms with Crippen LogP contribution in [0.2, 0.25) is 0 Å². The lowest BCUT2D eigenvalue weighted by Gasteiger charge is -1.91. The van der Waals surface area contributed by atoms with Crippen molar-refractivity contribution in [3.05, 3.63) is 0 Å². The molecule has 7 heavy (non-hydrogen) atoms. The van der Waals surface area contributed by atoms with E-state index in [9.17, 15) is 13.0 Å². The molecule has 0 aromatic rings. The lowest BCUT2D eigenvalue weighted by Crippen LogP contribution is -2.02. The molecule has 0 heterocycles. The van der Waals surface area contributed by atoms with Crippen molar-refractivity contribution in [1.82, 2.24) is 0 Å². The molecule has 0 radical (unpaired) electrons. The SMILES string of the molecule is COS(=O)C(F)F. The summed E-state index contributed by atoms with van der Waals surface area (Å²) in [6.07, 6.45) is 0. The number of halogens is 2. The number of hydrogen-bond acceptors (Lipinski definition) is 2. The van der Waals surface area contributed by atoms with Gasteiger partial charge >= 0.3 is 5.76 Å². The molecular weight excluding hydrogens is 126 g/mol. The Kier molecular flexibility index (Phi) is 3.02. The molecule has 0 saturated carbocycles. The van der Waals surface area contributed by atoms with Crippen LogP contribution in [0.3, 0.4) is 0 Å². The molecule has 0 saturated heterocycles. The van der Waals surface area contributed by atoms with Gasteiger partial charge in [-0.15, -0.1) is 0 Å². The first-order chi connectivity index (χ1) is 3.18. The van der Waals surface area contributed by atoms with Crippen molar-refractivity contribution in [1.29, 1.82) is 0 Å². The Morgan fingerprint density at radius 2 is 2.14 bits per heavy atom. The van der Waals surface area contributed by atoms with E-state index >= 15 is 0 Å². The molecule has 0 aliphatic carbocycles. The van der Waals surface area contributed by atoms with Gasteiger partial charge in [0.25, 0.3) is 0 Å². The summed E-state index contributed by atoms with van der Waals surface area (Å²) in [6.45, 7) is 0. The second-order valence-electron chi connectivity index (χ2n) is 0.688. The molecule has 0 amide bonds. The predicted octanol–water partition coefficient (Wildman–Crippen LogP) is 0.519. The van der Waals surface area contributed by atoms with E-state index in [2.05, 4.69) is 4.18 Å². The highest BCUT2D eigenvalue weighted by Gasteiger charge is 2.10. The molecule has 44 valence electrons. The Bertz CT molecular complexity index is 74.1. The van der Waals surface area contributed by atoms with E-state index in [1.54, 1.807) is 0 Å². The zero-order chi connectivity index (χ0) is 5.86. The normalized spacial score (nSPS) is 14.9. The van der Waals surface area contributed by atoms with Crippen LogP contribution in [0, 0.1) is 0 Å². The summed E-state index contributed by atoms with van der Waals surface area (Å²) in [6, 6.07) is 0. The molecule has 1 atom stereocenters. The quantitative estimate of drug-likeness (QED) is 0.544. The van der Waals surface area contributed by atoms with Crippen LogP contribution < -0.4 is 0 Å². The van der Waals surface area contributed by atoms with Crippen molar-refractivity contribution in [2.45, 2.75) is 5.76 Å². The first kappa shape index (κ1) is 6.97. The van der Waals surface area contributed by atoms with Crippen molar-refractivity contribution in [3.8, 4) is 0 Å². The van der Waals surface area contributed by atoms with Crippen molar-refractivity contribution in [2.24, 2.45) is 0 Å². The van der Waals surface area contributed by atoms with Crippen LogP contribution in [0.4, 0.5) is 8.78 Å². The summed E-state index contributed by atoms with van der Waals surface area (Å²) in [5.41, 5.74) is 0. The first-order valence-electron chi connectivity index (χ1n) is 1.41. The largest absolute Gasteiger partial charge is 0.336 e. The van der Waals surface area contributed by atoms with Gasteiger partial charge in [-0.1, -0.05) is 0 Å². The number of rotatable bonds is 2. The van der Waals surface area contributed by atoms with Gasteiger partial charge in [0.1, 0.15) is 0 Å². The summed E-state index contributed by atoms with van der Waals surface area (Å²) >= 11 is -2.41. The second kappa shape index (κ2) is 3.04. The molecule has 1 unspecified atom stereocenters. The molecular formula is C2H4F2O2S. The average molecular weight is 130 g/mol. The molecule has 0 aromatic heterocycles. The minimum atomic E-state index is -2.88. The van der Waals surface area contributed by atoms with E-state index in [0.717, 1.165) is 7.11 Å². The van der Waals surface area contributed by atoms with E-state index in [1.165, 1.54) is 0 Å². The van der Waals surface area contributed by atoms with Crippen LogP contribution >= 0.6 is 0 Å². The summed E-state index contributed by atoms with van der Waals surface area (Å²) in [4.78, 5) is 0. The standard InChI is InChI=1S/C2H4F2O2S/c1-6-7(5)2(3)4/h2H,1H3. The van der Waals surface area contributed by atoms with E-state index in [-0.39, 0.29) is 0 Å². The Morgan fingerprint density at radius 1 is 1.71 bits per heavy atom. The summed E-state index contributed by atoms with van der Waals surface area (Å²) in [7, 11) is 0.961. The fourth-order valence-electron chi connectivity index (χ4n) is 0.0727. The highest BCUT2D eigenvalue weighted by Crippen LogP contribution is 1.98. The van der Waals surface area contributed by atoms with Gasteiger partial charge < -0.3 is 0 Å². The molecule has 5 heteroatoms. The molecule has 0 rings (SSSR count). The smallest absolute Gasteiger partial charge is 0.290 e. The van der Waals surface area contributed by atoms with Crippen LogP contribution in [-0.4, -0.2) is 17.1 Å². The maximum absolute atomic E-state index is 11.0. The minimum absolute atomic E-state index is 0.961. The van der Waals surface area contributed by atoms with Crippen LogP contribution in [0.15, 0.2) is 0 Å². The van der Waals surface area contributed by atoms with E-state index in [4.69, 9.17) is 0 Å². The van der Waals surface area contributed by atoms with Gasteiger partial charge in [0.2, 0.25) is 11.1 Å². The lowest BCUT2D eigenvalue weighted by atomic mass is 11.7. The van der Waals surface area contributed by atoms with Crippen molar-refractivity contribution in [3.63, 3.8) is 0 Å². The Morgan fingerprint density at radius 3 is 2.14 bits per heavy atom. The third-order valence-corrected chi connectivity index (χ3v) is 0.929. The van der Waals surface area contributed by atoms with Gasteiger partial charge in [-0.3, -0.25) is 4.18 Å².